The molecule has 1 amide bonds. The SMILES string of the molecule is Cc1nc(C2CCC2)sc1CC(=O)N[C@@H]1C[C@@H](N2CCOCC2)C12CCC2. The maximum absolute atomic E-state index is 12.8. The fourth-order valence-corrected chi connectivity index (χ4v) is 6.71. The van der Waals surface area contributed by atoms with Crippen molar-refractivity contribution in [3.63, 3.8) is 0 Å². The van der Waals surface area contributed by atoms with Gasteiger partial charge in [-0.05, 0) is 39.0 Å². The highest BCUT2D eigenvalue weighted by atomic mass is 32.1. The predicted molar refractivity (Wildman–Crippen MR) is 106 cm³/mol. The third-order valence-corrected chi connectivity index (χ3v) is 8.93. The first-order valence-corrected chi connectivity index (χ1v) is 11.5. The van der Waals surface area contributed by atoms with E-state index in [1.54, 1.807) is 11.3 Å². The van der Waals surface area contributed by atoms with Gasteiger partial charge in [-0.15, -0.1) is 11.3 Å². The molecule has 2 heterocycles. The van der Waals surface area contributed by atoms with Gasteiger partial charge in [0.15, 0.2) is 0 Å². The molecule has 6 heteroatoms. The number of rotatable bonds is 5. The molecular formula is C21H31N3O2S. The number of ether oxygens (including phenoxy) is 1. The van der Waals surface area contributed by atoms with Gasteiger partial charge < -0.3 is 10.1 Å². The Morgan fingerprint density at radius 3 is 2.70 bits per heavy atom. The third kappa shape index (κ3) is 3.14. The lowest BCUT2D eigenvalue weighted by Gasteiger charge is -2.64. The van der Waals surface area contributed by atoms with Crippen LogP contribution in [0.4, 0.5) is 0 Å². The molecule has 3 aliphatic carbocycles. The minimum atomic E-state index is 0.193. The maximum atomic E-state index is 12.8. The van der Waals surface area contributed by atoms with Crippen LogP contribution >= 0.6 is 11.3 Å². The molecule has 1 N–H and O–H groups in total. The molecule has 5 nitrogen and oxygen atoms in total. The van der Waals surface area contributed by atoms with Crippen molar-refractivity contribution in [1.82, 2.24) is 15.2 Å². The fraction of sp³-hybridized carbons (Fsp3) is 0.810. The van der Waals surface area contributed by atoms with Crippen molar-refractivity contribution in [2.75, 3.05) is 26.3 Å². The van der Waals surface area contributed by atoms with Crippen molar-refractivity contribution in [2.45, 2.75) is 76.3 Å². The van der Waals surface area contributed by atoms with E-state index in [1.165, 1.54) is 48.4 Å². The van der Waals surface area contributed by atoms with Crippen LogP contribution in [0.3, 0.4) is 0 Å². The molecule has 148 valence electrons. The third-order valence-electron chi connectivity index (χ3n) is 7.61. The molecule has 1 aromatic heterocycles. The summed E-state index contributed by atoms with van der Waals surface area (Å²) in [6, 6.07) is 1.02. The van der Waals surface area contributed by atoms with Crippen LogP contribution in [0.25, 0.3) is 0 Å². The number of aryl methyl sites for hydroxylation is 1. The smallest absolute Gasteiger partial charge is 0.225 e. The van der Waals surface area contributed by atoms with Gasteiger partial charge in [0.05, 0.1) is 30.3 Å². The molecule has 4 fully saturated rings. The van der Waals surface area contributed by atoms with E-state index in [2.05, 4.69) is 17.1 Å². The zero-order valence-corrected chi connectivity index (χ0v) is 17.2. The molecule has 0 bridgehead atoms. The summed E-state index contributed by atoms with van der Waals surface area (Å²) in [5, 5.41) is 4.66. The predicted octanol–water partition coefficient (Wildman–Crippen LogP) is 3.02. The number of nitrogens with one attached hydrogen (secondary N) is 1. The number of morpholine rings is 1. The Hall–Kier alpha value is -0.980. The molecular weight excluding hydrogens is 358 g/mol. The van der Waals surface area contributed by atoms with E-state index in [-0.39, 0.29) is 5.91 Å². The van der Waals surface area contributed by atoms with Crippen LogP contribution in [-0.2, 0) is 16.0 Å². The standard InChI is InChI=1S/C21H31N3O2S/c1-14-16(27-20(22-14)15-4-2-5-15)12-19(25)23-17-13-18(21(17)6-3-7-21)24-8-10-26-11-9-24/h15,17-18H,2-13H2,1H3,(H,23,25)/t17-,18-/m1/s1. The second kappa shape index (κ2) is 7.12. The van der Waals surface area contributed by atoms with E-state index in [4.69, 9.17) is 9.72 Å². The number of thiazole rings is 1. The van der Waals surface area contributed by atoms with Gasteiger partial charge in [0.2, 0.25) is 5.91 Å². The summed E-state index contributed by atoms with van der Waals surface area (Å²) < 4.78 is 5.52. The number of carbonyl (C=O) groups is 1. The number of carbonyl (C=O) groups excluding carboxylic acids is 1. The van der Waals surface area contributed by atoms with Gasteiger partial charge >= 0.3 is 0 Å². The Morgan fingerprint density at radius 2 is 2.07 bits per heavy atom. The summed E-state index contributed by atoms with van der Waals surface area (Å²) in [5.41, 5.74) is 1.41. The molecule has 1 saturated heterocycles. The highest BCUT2D eigenvalue weighted by Gasteiger charge is 2.60. The zero-order valence-electron chi connectivity index (χ0n) is 16.3. The highest BCUT2D eigenvalue weighted by molar-refractivity contribution is 7.12. The van der Waals surface area contributed by atoms with E-state index in [9.17, 15) is 4.79 Å². The molecule has 0 unspecified atom stereocenters. The number of nitrogens with zero attached hydrogens (tertiary/aromatic N) is 2. The lowest BCUT2D eigenvalue weighted by molar-refractivity contribution is -0.146. The molecule has 4 aliphatic rings. The number of hydrogen-bond acceptors (Lipinski definition) is 5. The Kier molecular flexibility index (Phi) is 4.77. The zero-order chi connectivity index (χ0) is 18.4. The van der Waals surface area contributed by atoms with Crippen LogP contribution < -0.4 is 5.32 Å². The lowest BCUT2D eigenvalue weighted by Crippen LogP contribution is -2.72. The molecule has 2 atom stereocenters. The van der Waals surface area contributed by atoms with Crippen LogP contribution in [0.1, 0.15) is 66.4 Å². The van der Waals surface area contributed by atoms with E-state index < -0.39 is 0 Å². The minimum Gasteiger partial charge on any atom is -0.379 e. The van der Waals surface area contributed by atoms with Crippen molar-refractivity contribution < 1.29 is 9.53 Å². The molecule has 1 aromatic rings. The first-order chi connectivity index (χ1) is 13.2. The topological polar surface area (TPSA) is 54.5 Å². The van der Waals surface area contributed by atoms with E-state index in [1.807, 2.05) is 0 Å². The molecule has 27 heavy (non-hydrogen) atoms. The van der Waals surface area contributed by atoms with Crippen molar-refractivity contribution >= 4 is 17.2 Å². The Labute approximate surface area is 165 Å². The average Bonchev–Trinajstić information content (AvgIpc) is 2.89. The quantitative estimate of drug-likeness (QED) is 0.841. The van der Waals surface area contributed by atoms with Crippen LogP contribution in [0, 0.1) is 12.3 Å². The second-order valence-electron chi connectivity index (χ2n) is 8.97. The second-order valence-corrected chi connectivity index (χ2v) is 10.1. The van der Waals surface area contributed by atoms with Crippen molar-refractivity contribution in [2.24, 2.45) is 5.41 Å². The monoisotopic (exact) mass is 389 g/mol. The van der Waals surface area contributed by atoms with Crippen LogP contribution in [0.5, 0.6) is 0 Å². The summed E-state index contributed by atoms with van der Waals surface area (Å²) in [6.45, 7) is 5.88. The van der Waals surface area contributed by atoms with Crippen molar-refractivity contribution in [1.29, 1.82) is 0 Å². The Morgan fingerprint density at radius 1 is 1.30 bits per heavy atom. The summed E-state index contributed by atoms with van der Waals surface area (Å²) in [6.07, 6.45) is 9.33. The van der Waals surface area contributed by atoms with Crippen LogP contribution in [0.2, 0.25) is 0 Å². The first kappa shape index (κ1) is 18.1. The van der Waals surface area contributed by atoms with Gasteiger partial charge in [-0.1, -0.05) is 12.8 Å². The van der Waals surface area contributed by atoms with Gasteiger partial charge in [0.25, 0.3) is 0 Å². The fourth-order valence-electron chi connectivity index (χ4n) is 5.47. The molecule has 0 radical (unpaired) electrons. The molecule has 3 saturated carbocycles. The highest BCUT2D eigenvalue weighted by Crippen LogP contribution is 2.58. The average molecular weight is 390 g/mol. The molecule has 0 aromatic carbocycles. The summed E-state index contributed by atoms with van der Waals surface area (Å²) in [7, 11) is 0. The van der Waals surface area contributed by atoms with Crippen LogP contribution in [-0.4, -0.2) is 54.2 Å². The molecule has 5 rings (SSSR count). The van der Waals surface area contributed by atoms with Gasteiger partial charge in [-0.2, -0.15) is 0 Å². The summed E-state index contributed by atoms with van der Waals surface area (Å²) in [5.74, 6) is 0.850. The Bertz CT molecular complexity index is 704. The summed E-state index contributed by atoms with van der Waals surface area (Å²) >= 11 is 1.77. The minimum absolute atomic E-state index is 0.193. The van der Waals surface area contributed by atoms with Gasteiger partial charge in [0, 0.05) is 41.4 Å². The first-order valence-electron chi connectivity index (χ1n) is 10.7. The van der Waals surface area contributed by atoms with E-state index in [0.717, 1.165) is 38.4 Å². The number of hydrogen-bond donors (Lipinski definition) is 1. The van der Waals surface area contributed by atoms with Gasteiger partial charge in [-0.3, -0.25) is 9.69 Å². The van der Waals surface area contributed by atoms with E-state index in [0.29, 0.717) is 29.8 Å². The molecule has 1 aliphatic heterocycles. The number of aromatic nitrogens is 1. The lowest BCUT2D eigenvalue weighted by atomic mass is 9.49. The number of amides is 1. The van der Waals surface area contributed by atoms with Crippen LogP contribution in [0.15, 0.2) is 0 Å². The normalized spacial score (nSPS) is 30.4. The Balaban J connectivity index is 1.19. The van der Waals surface area contributed by atoms with Crippen molar-refractivity contribution in [3.05, 3.63) is 15.6 Å². The summed E-state index contributed by atoms with van der Waals surface area (Å²) in [4.78, 5) is 21.3. The van der Waals surface area contributed by atoms with Crippen molar-refractivity contribution in [3.8, 4) is 0 Å². The van der Waals surface area contributed by atoms with Gasteiger partial charge in [-0.25, -0.2) is 4.98 Å². The maximum Gasteiger partial charge on any atom is 0.225 e. The van der Waals surface area contributed by atoms with E-state index >= 15 is 0 Å². The largest absolute Gasteiger partial charge is 0.379 e. The molecule has 1 spiro atoms. The van der Waals surface area contributed by atoms with Gasteiger partial charge in [0.1, 0.15) is 0 Å².